The van der Waals surface area contributed by atoms with Gasteiger partial charge in [-0.3, -0.25) is 4.98 Å². The second-order valence-electron chi connectivity index (χ2n) is 3.58. The van der Waals surface area contributed by atoms with Gasteiger partial charge in [-0.25, -0.2) is 0 Å². The number of nitrogens with zero attached hydrogens (tertiary/aromatic N) is 1. The quantitative estimate of drug-likeness (QED) is 0.910. The summed E-state index contributed by atoms with van der Waals surface area (Å²) in [6.07, 6.45) is 2.42. The molecule has 0 aliphatic heterocycles. The molecule has 0 spiro atoms. The summed E-state index contributed by atoms with van der Waals surface area (Å²) in [5, 5.41) is 10.9. The molecule has 0 saturated heterocycles. The van der Waals surface area contributed by atoms with Crippen LogP contribution in [0.5, 0.6) is 5.75 Å². The van der Waals surface area contributed by atoms with Gasteiger partial charge in [0.2, 0.25) is 0 Å². The highest BCUT2D eigenvalue weighted by atomic mass is 35.5. The van der Waals surface area contributed by atoms with Crippen LogP contribution < -0.4 is 4.74 Å². The molecule has 0 aliphatic rings. The van der Waals surface area contributed by atoms with Crippen LogP contribution in [0.1, 0.15) is 17.2 Å². The first-order valence-electron chi connectivity index (χ1n) is 5.14. The average molecular weight is 250 g/mol. The fraction of sp³-hybridized carbons (Fsp3) is 0.154. The second-order valence-corrected chi connectivity index (χ2v) is 4.01. The van der Waals surface area contributed by atoms with Crippen LogP contribution >= 0.6 is 11.6 Å². The largest absolute Gasteiger partial charge is 0.495 e. The van der Waals surface area contributed by atoms with Gasteiger partial charge in [-0.05, 0) is 23.8 Å². The minimum atomic E-state index is -0.772. The standard InChI is InChI=1S/C13H12ClNO2/c1-17-12-8-15-6-5-11(12)13(16)9-3-2-4-10(14)7-9/h2-8,13,16H,1H3. The van der Waals surface area contributed by atoms with Crippen molar-refractivity contribution in [2.75, 3.05) is 7.11 Å². The highest BCUT2D eigenvalue weighted by molar-refractivity contribution is 6.30. The van der Waals surface area contributed by atoms with Crippen molar-refractivity contribution >= 4 is 11.6 Å². The van der Waals surface area contributed by atoms with Gasteiger partial charge in [0.1, 0.15) is 11.9 Å². The fourth-order valence-electron chi connectivity index (χ4n) is 1.64. The molecule has 3 nitrogen and oxygen atoms in total. The molecule has 0 aliphatic carbocycles. The SMILES string of the molecule is COc1cnccc1C(O)c1cccc(Cl)c1. The molecule has 1 atom stereocenters. The van der Waals surface area contributed by atoms with E-state index in [1.165, 1.54) is 0 Å². The number of aromatic nitrogens is 1. The molecule has 1 N–H and O–H groups in total. The molecule has 0 amide bonds. The smallest absolute Gasteiger partial charge is 0.143 e. The molecule has 0 bridgehead atoms. The Bertz CT molecular complexity index is 516. The zero-order valence-electron chi connectivity index (χ0n) is 9.30. The lowest BCUT2D eigenvalue weighted by Crippen LogP contribution is -2.02. The molecule has 1 unspecified atom stereocenters. The molecule has 1 heterocycles. The van der Waals surface area contributed by atoms with E-state index in [0.717, 1.165) is 5.56 Å². The Balaban J connectivity index is 2.40. The molecule has 0 fully saturated rings. The van der Waals surface area contributed by atoms with Crippen molar-refractivity contribution < 1.29 is 9.84 Å². The number of ether oxygens (including phenoxy) is 1. The number of methoxy groups -OCH3 is 1. The number of aliphatic hydroxyl groups excluding tert-OH is 1. The monoisotopic (exact) mass is 249 g/mol. The lowest BCUT2D eigenvalue weighted by Gasteiger charge is -2.14. The van der Waals surface area contributed by atoms with Crippen LogP contribution in [0.4, 0.5) is 0 Å². The maximum atomic E-state index is 10.3. The minimum Gasteiger partial charge on any atom is -0.495 e. The van der Waals surface area contributed by atoms with Gasteiger partial charge in [0.25, 0.3) is 0 Å². The van der Waals surface area contributed by atoms with Crippen molar-refractivity contribution in [3.63, 3.8) is 0 Å². The third kappa shape index (κ3) is 2.57. The Morgan fingerprint density at radius 3 is 2.88 bits per heavy atom. The Morgan fingerprint density at radius 1 is 1.35 bits per heavy atom. The lowest BCUT2D eigenvalue weighted by molar-refractivity contribution is 0.214. The van der Waals surface area contributed by atoms with Crippen molar-refractivity contribution in [3.05, 3.63) is 58.9 Å². The summed E-state index contributed by atoms with van der Waals surface area (Å²) in [6, 6.07) is 8.84. The van der Waals surface area contributed by atoms with E-state index in [-0.39, 0.29) is 0 Å². The summed E-state index contributed by atoms with van der Waals surface area (Å²) < 4.78 is 5.16. The number of pyridine rings is 1. The van der Waals surface area contributed by atoms with Crippen LogP contribution in [0.2, 0.25) is 5.02 Å². The number of halogens is 1. The minimum absolute atomic E-state index is 0.556. The van der Waals surface area contributed by atoms with Gasteiger partial charge >= 0.3 is 0 Å². The molecule has 1 aromatic heterocycles. The summed E-state index contributed by atoms with van der Waals surface area (Å²) in [7, 11) is 1.55. The predicted molar refractivity (Wildman–Crippen MR) is 66.3 cm³/mol. The van der Waals surface area contributed by atoms with Crippen LogP contribution in [0.3, 0.4) is 0 Å². The molecule has 0 saturated carbocycles. The third-order valence-electron chi connectivity index (χ3n) is 2.50. The molecule has 88 valence electrons. The fourth-order valence-corrected chi connectivity index (χ4v) is 1.84. The molecule has 4 heteroatoms. The van der Waals surface area contributed by atoms with Gasteiger partial charge in [-0.15, -0.1) is 0 Å². The number of hydrogen-bond donors (Lipinski definition) is 1. The molecular formula is C13H12ClNO2. The Labute approximate surface area is 105 Å². The zero-order chi connectivity index (χ0) is 12.3. The Morgan fingerprint density at radius 2 is 2.18 bits per heavy atom. The topological polar surface area (TPSA) is 42.4 Å². The normalized spacial score (nSPS) is 12.2. The number of aliphatic hydroxyl groups is 1. The van der Waals surface area contributed by atoms with Gasteiger partial charge in [0, 0.05) is 16.8 Å². The maximum Gasteiger partial charge on any atom is 0.143 e. The van der Waals surface area contributed by atoms with Crippen LogP contribution in [0.25, 0.3) is 0 Å². The highest BCUT2D eigenvalue weighted by Gasteiger charge is 2.15. The summed E-state index contributed by atoms with van der Waals surface area (Å²) in [4.78, 5) is 3.95. The summed E-state index contributed by atoms with van der Waals surface area (Å²) in [5.41, 5.74) is 1.40. The molecule has 0 radical (unpaired) electrons. The third-order valence-corrected chi connectivity index (χ3v) is 2.73. The molecule has 2 aromatic rings. The Kier molecular flexibility index (Phi) is 3.61. The first-order valence-corrected chi connectivity index (χ1v) is 5.51. The average Bonchev–Trinajstić information content (AvgIpc) is 2.38. The van der Waals surface area contributed by atoms with Crippen molar-refractivity contribution in [3.8, 4) is 5.75 Å². The van der Waals surface area contributed by atoms with Gasteiger partial charge in [-0.1, -0.05) is 23.7 Å². The van der Waals surface area contributed by atoms with Crippen molar-refractivity contribution in [2.24, 2.45) is 0 Å². The number of hydrogen-bond acceptors (Lipinski definition) is 3. The first kappa shape index (κ1) is 11.9. The molecule has 2 rings (SSSR count). The van der Waals surface area contributed by atoms with Crippen molar-refractivity contribution in [2.45, 2.75) is 6.10 Å². The van der Waals surface area contributed by atoms with E-state index in [1.807, 2.05) is 6.07 Å². The molecule has 1 aromatic carbocycles. The summed E-state index contributed by atoms with van der Waals surface area (Å²) in [5.74, 6) is 0.556. The summed E-state index contributed by atoms with van der Waals surface area (Å²) >= 11 is 5.90. The maximum absolute atomic E-state index is 10.3. The van der Waals surface area contributed by atoms with E-state index in [9.17, 15) is 5.11 Å². The van der Waals surface area contributed by atoms with Crippen LogP contribution in [-0.4, -0.2) is 17.2 Å². The van der Waals surface area contributed by atoms with E-state index in [4.69, 9.17) is 16.3 Å². The van der Waals surface area contributed by atoms with Crippen LogP contribution in [-0.2, 0) is 0 Å². The van der Waals surface area contributed by atoms with E-state index >= 15 is 0 Å². The van der Waals surface area contributed by atoms with E-state index in [1.54, 1.807) is 43.8 Å². The first-order chi connectivity index (χ1) is 8.22. The van der Waals surface area contributed by atoms with Crippen molar-refractivity contribution in [1.29, 1.82) is 0 Å². The van der Waals surface area contributed by atoms with Crippen LogP contribution in [0, 0.1) is 0 Å². The van der Waals surface area contributed by atoms with E-state index in [2.05, 4.69) is 4.98 Å². The second kappa shape index (κ2) is 5.17. The Hall–Kier alpha value is -1.58. The zero-order valence-corrected chi connectivity index (χ0v) is 10.1. The van der Waals surface area contributed by atoms with Gasteiger partial charge in [0.15, 0.2) is 0 Å². The van der Waals surface area contributed by atoms with Gasteiger partial charge in [-0.2, -0.15) is 0 Å². The molecular weight excluding hydrogens is 238 g/mol. The van der Waals surface area contributed by atoms with Gasteiger partial charge < -0.3 is 9.84 Å². The molecule has 17 heavy (non-hydrogen) atoms. The number of benzene rings is 1. The predicted octanol–water partition coefficient (Wildman–Crippen LogP) is 2.83. The summed E-state index contributed by atoms with van der Waals surface area (Å²) in [6.45, 7) is 0. The van der Waals surface area contributed by atoms with Gasteiger partial charge in [0.05, 0.1) is 13.3 Å². The highest BCUT2D eigenvalue weighted by Crippen LogP contribution is 2.29. The lowest BCUT2D eigenvalue weighted by atomic mass is 10.0. The van der Waals surface area contributed by atoms with E-state index in [0.29, 0.717) is 16.3 Å². The van der Waals surface area contributed by atoms with E-state index < -0.39 is 6.10 Å². The van der Waals surface area contributed by atoms with Crippen LogP contribution in [0.15, 0.2) is 42.7 Å². The number of rotatable bonds is 3. The van der Waals surface area contributed by atoms with Crippen molar-refractivity contribution in [1.82, 2.24) is 4.98 Å².